The average Bonchev–Trinajstić information content (AvgIpc) is 2.39. The molecule has 2 saturated heterocycles. The molecule has 2 rings (SSSR count). The van der Waals surface area contributed by atoms with Gasteiger partial charge in [-0.05, 0) is 65.7 Å². The first-order valence-corrected chi connectivity index (χ1v) is 7.64. The number of rotatable bonds is 4. The molecule has 2 heterocycles. The Morgan fingerprint density at radius 1 is 1.11 bits per heavy atom. The minimum Gasteiger partial charge on any atom is -0.300 e. The third-order valence-electron chi connectivity index (χ3n) is 4.61. The monoisotopic (exact) mass is 252 g/mol. The molecule has 1 atom stereocenters. The zero-order valence-electron chi connectivity index (χ0n) is 12.0. The Morgan fingerprint density at radius 2 is 1.72 bits per heavy atom. The molecule has 2 aliphatic rings. The van der Waals surface area contributed by atoms with Gasteiger partial charge in [0.1, 0.15) is 5.78 Å². The normalized spacial score (nSPS) is 26.1. The van der Waals surface area contributed by atoms with Gasteiger partial charge in [-0.3, -0.25) is 4.79 Å². The minimum atomic E-state index is 0.320. The number of hydrogen-bond donors (Lipinski definition) is 0. The van der Waals surface area contributed by atoms with Crippen molar-refractivity contribution in [2.45, 2.75) is 64.5 Å². The largest absolute Gasteiger partial charge is 0.300 e. The topological polar surface area (TPSA) is 23.6 Å². The third-order valence-corrected chi connectivity index (χ3v) is 4.61. The SMILES string of the molecule is CC(=O)CC(C)N1CCC(N2CCCCC2)CC1. The summed E-state index contributed by atoms with van der Waals surface area (Å²) in [7, 11) is 0. The van der Waals surface area contributed by atoms with E-state index in [-0.39, 0.29) is 0 Å². The van der Waals surface area contributed by atoms with Crippen LogP contribution in [0.5, 0.6) is 0 Å². The van der Waals surface area contributed by atoms with Crippen molar-refractivity contribution in [2.75, 3.05) is 26.2 Å². The van der Waals surface area contributed by atoms with E-state index >= 15 is 0 Å². The van der Waals surface area contributed by atoms with E-state index in [1.807, 2.05) is 0 Å². The predicted molar refractivity (Wildman–Crippen MR) is 74.8 cm³/mol. The Bertz CT molecular complexity index is 266. The lowest BCUT2D eigenvalue weighted by atomic mass is 9.98. The lowest BCUT2D eigenvalue weighted by Gasteiger charge is -2.41. The number of likely N-dealkylation sites (tertiary alicyclic amines) is 2. The van der Waals surface area contributed by atoms with Crippen LogP contribution in [0.15, 0.2) is 0 Å². The molecule has 1 unspecified atom stereocenters. The average molecular weight is 252 g/mol. The molecular formula is C15H28N2O. The summed E-state index contributed by atoms with van der Waals surface area (Å²) in [5.41, 5.74) is 0. The zero-order valence-corrected chi connectivity index (χ0v) is 12.0. The molecule has 0 aromatic heterocycles. The summed E-state index contributed by atoms with van der Waals surface area (Å²) in [6, 6.07) is 1.25. The number of ketones is 1. The van der Waals surface area contributed by atoms with Crippen molar-refractivity contribution < 1.29 is 4.79 Å². The number of Topliss-reactive ketones (excluding diaryl/α,β-unsaturated/α-hetero) is 1. The molecule has 3 heteroatoms. The van der Waals surface area contributed by atoms with E-state index in [2.05, 4.69) is 16.7 Å². The van der Waals surface area contributed by atoms with Gasteiger partial charge in [-0.15, -0.1) is 0 Å². The van der Waals surface area contributed by atoms with Crippen molar-refractivity contribution in [3.05, 3.63) is 0 Å². The number of carbonyl (C=O) groups is 1. The molecule has 0 spiro atoms. The van der Waals surface area contributed by atoms with Gasteiger partial charge in [-0.1, -0.05) is 6.42 Å². The first kappa shape index (κ1) is 14.0. The second kappa shape index (κ2) is 6.67. The molecular weight excluding hydrogens is 224 g/mol. The molecule has 0 aromatic carbocycles. The standard InChI is InChI=1S/C15H28N2O/c1-13(12-14(2)18)16-10-6-15(7-11-16)17-8-4-3-5-9-17/h13,15H,3-12H2,1-2H3. The van der Waals surface area contributed by atoms with Crippen molar-refractivity contribution in [3.63, 3.8) is 0 Å². The highest BCUT2D eigenvalue weighted by atomic mass is 16.1. The van der Waals surface area contributed by atoms with Crippen LogP contribution in [-0.2, 0) is 4.79 Å². The number of nitrogens with zero attached hydrogens (tertiary/aromatic N) is 2. The molecule has 104 valence electrons. The van der Waals surface area contributed by atoms with Gasteiger partial charge in [-0.2, -0.15) is 0 Å². The molecule has 0 aromatic rings. The summed E-state index contributed by atoms with van der Waals surface area (Å²) in [5.74, 6) is 0.320. The molecule has 18 heavy (non-hydrogen) atoms. The fourth-order valence-corrected chi connectivity index (χ4v) is 3.52. The highest BCUT2D eigenvalue weighted by molar-refractivity contribution is 5.76. The first-order chi connectivity index (χ1) is 8.66. The van der Waals surface area contributed by atoms with E-state index in [0.29, 0.717) is 18.2 Å². The Kier molecular flexibility index (Phi) is 5.19. The highest BCUT2D eigenvalue weighted by Gasteiger charge is 2.27. The Labute approximate surface area is 112 Å². The maximum atomic E-state index is 11.2. The van der Waals surface area contributed by atoms with Crippen molar-refractivity contribution in [2.24, 2.45) is 0 Å². The van der Waals surface area contributed by atoms with Crippen LogP contribution in [0, 0.1) is 0 Å². The van der Waals surface area contributed by atoms with E-state index < -0.39 is 0 Å². The van der Waals surface area contributed by atoms with Gasteiger partial charge in [0.25, 0.3) is 0 Å². The van der Waals surface area contributed by atoms with Crippen molar-refractivity contribution in [1.29, 1.82) is 0 Å². The fraction of sp³-hybridized carbons (Fsp3) is 0.933. The maximum Gasteiger partial charge on any atom is 0.131 e. The number of carbonyl (C=O) groups excluding carboxylic acids is 1. The molecule has 0 radical (unpaired) electrons. The molecule has 2 fully saturated rings. The van der Waals surface area contributed by atoms with Crippen molar-refractivity contribution >= 4 is 5.78 Å². The molecule has 2 aliphatic heterocycles. The van der Waals surface area contributed by atoms with Crippen LogP contribution in [0.4, 0.5) is 0 Å². The Morgan fingerprint density at radius 3 is 2.28 bits per heavy atom. The van der Waals surface area contributed by atoms with Crippen LogP contribution in [0.1, 0.15) is 52.4 Å². The van der Waals surface area contributed by atoms with Crippen LogP contribution < -0.4 is 0 Å². The predicted octanol–water partition coefficient (Wildman–Crippen LogP) is 2.30. The van der Waals surface area contributed by atoms with Crippen LogP contribution >= 0.6 is 0 Å². The highest BCUT2D eigenvalue weighted by Crippen LogP contribution is 2.22. The lowest BCUT2D eigenvalue weighted by Crippen LogP contribution is -2.49. The summed E-state index contributed by atoms with van der Waals surface area (Å²) in [4.78, 5) is 16.4. The van der Waals surface area contributed by atoms with Gasteiger partial charge >= 0.3 is 0 Å². The van der Waals surface area contributed by atoms with Crippen molar-refractivity contribution in [1.82, 2.24) is 9.80 Å². The number of piperidine rings is 2. The molecule has 0 bridgehead atoms. The van der Waals surface area contributed by atoms with Crippen LogP contribution in [-0.4, -0.2) is 53.8 Å². The van der Waals surface area contributed by atoms with E-state index in [0.717, 1.165) is 6.04 Å². The zero-order chi connectivity index (χ0) is 13.0. The van der Waals surface area contributed by atoms with Gasteiger partial charge in [0.15, 0.2) is 0 Å². The van der Waals surface area contributed by atoms with Gasteiger partial charge in [-0.25, -0.2) is 0 Å². The van der Waals surface area contributed by atoms with Gasteiger partial charge in [0, 0.05) is 18.5 Å². The first-order valence-electron chi connectivity index (χ1n) is 7.64. The Balaban J connectivity index is 1.75. The summed E-state index contributed by atoms with van der Waals surface area (Å²) in [6.07, 6.45) is 7.51. The third kappa shape index (κ3) is 3.79. The molecule has 0 saturated carbocycles. The van der Waals surface area contributed by atoms with E-state index in [1.165, 1.54) is 58.3 Å². The molecule has 0 N–H and O–H groups in total. The summed E-state index contributed by atoms with van der Waals surface area (Å²) in [6.45, 7) is 8.88. The van der Waals surface area contributed by atoms with Crippen LogP contribution in [0.25, 0.3) is 0 Å². The lowest BCUT2D eigenvalue weighted by molar-refractivity contribution is -0.118. The second-order valence-corrected chi connectivity index (χ2v) is 6.12. The number of hydrogen-bond acceptors (Lipinski definition) is 3. The van der Waals surface area contributed by atoms with E-state index in [1.54, 1.807) is 6.92 Å². The van der Waals surface area contributed by atoms with Gasteiger partial charge in [0.05, 0.1) is 0 Å². The van der Waals surface area contributed by atoms with Crippen molar-refractivity contribution in [3.8, 4) is 0 Å². The fourth-order valence-electron chi connectivity index (χ4n) is 3.52. The quantitative estimate of drug-likeness (QED) is 0.767. The Hall–Kier alpha value is -0.410. The summed E-state index contributed by atoms with van der Waals surface area (Å²) in [5, 5.41) is 0. The van der Waals surface area contributed by atoms with Gasteiger partial charge in [0.2, 0.25) is 0 Å². The van der Waals surface area contributed by atoms with Gasteiger partial charge < -0.3 is 9.80 Å². The smallest absolute Gasteiger partial charge is 0.131 e. The van der Waals surface area contributed by atoms with Crippen LogP contribution in [0.2, 0.25) is 0 Å². The van der Waals surface area contributed by atoms with Crippen LogP contribution in [0.3, 0.4) is 0 Å². The maximum absolute atomic E-state index is 11.2. The van der Waals surface area contributed by atoms with E-state index in [9.17, 15) is 4.79 Å². The summed E-state index contributed by atoms with van der Waals surface area (Å²) >= 11 is 0. The van der Waals surface area contributed by atoms with E-state index in [4.69, 9.17) is 0 Å². The second-order valence-electron chi connectivity index (χ2n) is 6.12. The minimum absolute atomic E-state index is 0.320. The summed E-state index contributed by atoms with van der Waals surface area (Å²) < 4.78 is 0. The molecule has 0 aliphatic carbocycles. The molecule has 0 amide bonds. The molecule has 3 nitrogen and oxygen atoms in total.